The number of hydrogen-bond donors (Lipinski definition) is 1. The fourth-order valence-corrected chi connectivity index (χ4v) is 5.21. The van der Waals surface area contributed by atoms with Gasteiger partial charge in [-0.25, -0.2) is 8.42 Å². The summed E-state index contributed by atoms with van der Waals surface area (Å²) in [5, 5.41) is 8.78. The Kier molecular flexibility index (Phi) is 5.71. The number of aliphatic hydroxyl groups is 1. The molecule has 1 atom stereocenters. The van der Waals surface area contributed by atoms with E-state index in [0.29, 0.717) is 18.5 Å². The van der Waals surface area contributed by atoms with Gasteiger partial charge in [-0.1, -0.05) is 24.0 Å². The van der Waals surface area contributed by atoms with Crippen LogP contribution in [-0.2, 0) is 10.0 Å². The average Bonchev–Trinajstić information content (AvgIpc) is 2.48. The lowest BCUT2D eigenvalue weighted by molar-refractivity contribution is 0.305. The van der Waals surface area contributed by atoms with Crippen molar-refractivity contribution in [1.29, 1.82) is 0 Å². The fraction of sp³-hybridized carbons (Fsp3) is 0.467. The third-order valence-corrected chi connectivity index (χ3v) is 6.50. The molecular formula is C15H19NO3S2. The first-order valence-corrected chi connectivity index (χ1v) is 9.45. The maximum atomic E-state index is 12.9. The van der Waals surface area contributed by atoms with E-state index in [-0.39, 0.29) is 17.5 Å². The van der Waals surface area contributed by atoms with Crippen LogP contribution in [-0.4, -0.2) is 48.5 Å². The lowest BCUT2D eigenvalue weighted by Gasteiger charge is -2.32. The number of thioether (sulfide) groups is 1. The number of benzene rings is 1. The van der Waals surface area contributed by atoms with Crippen LogP contribution >= 0.6 is 11.8 Å². The Morgan fingerprint density at radius 1 is 1.43 bits per heavy atom. The van der Waals surface area contributed by atoms with Crippen LogP contribution < -0.4 is 0 Å². The molecule has 1 N–H and O–H groups in total. The summed E-state index contributed by atoms with van der Waals surface area (Å²) in [4.78, 5) is 0.259. The zero-order valence-corrected chi connectivity index (χ0v) is 13.6. The summed E-state index contributed by atoms with van der Waals surface area (Å²) in [7, 11) is -3.52. The van der Waals surface area contributed by atoms with Crippen molar-refractivity contribution in [2.45, 2.75) is 24.3 Å². The molecule has 1 heterocycles. The summed E-state index contributed by atoms with van der Waals surface area (Å²) < 4.78 is 27.3. The third kappa shape index (κ3) is 3.80. The molecule has 1 aromatic carbocycles. The van der Waals surface area contributed by atoms with Gasteiger partial charge in [-0.05, 0) is 19.1 Å². The van der Waals surface area contributed by atoms with Crippen LogP contribution in [0, 0.1) is 11.8 Å². The van der Waals surface area contributed by atoms with Crippen LogP contribution in [0.15, 0.2) is 29.2 Å². The molecule has 1 saturated heterocycles. The molecule has 1 aromatic rings. The predicted molar refractivity (Wildman–Crippen MR) is 85.7 cm³/mol. The maximum Gasteiger partial charge on any atom is 0.244 e. The van der Waals surface area contributed by atoms with Gasteiger partial charge in [-0.15, -0.1) is 0 Å². The summed E-state index contributed by atoms with van der Waals surface area (Å²) in [5.74, 6) is 7.28. The normalized spacial score (nSPS) is 19.8. The van der Waals surface area contributed by atoms with E-state index in [9.17, 15) is 8.42 Å². The van der Waals surface area contributed by atoms with Crippen molar-refractivity contribution < 1.29 is 13.5 Å². The summed E-state index contributed by atoms with van der Waals surface area (Å²) in [6, 6.07) is 6.80. The average molecular weight is 325 g/mol. The highest BCUT2D eigenvalue weighted by atomic mass is 32.2. The maximum absolute atomic E-state index is 12.9. The Hall–Kier alpha value is -1.00. The summed E-state index contributed by atoms with van der Waals surface area (Å²) in [6.45, 7) is 2.44. The lowest BCUT2D eigenvalue weighted by atomic mass is 10.2. The highest BCUT2D eigenvalue weighted by molar-refractivity contribution is 7.99. The van der Waals surface area contributed by atoms with E-state index in [2.05, 4.69) is 11.8 Å². The summed E-state index contributed by atoms with van der Waals surface area (Å²) >= 11 is 1.78. The van der Waals surface area contributed by atoms with Gasteiger partial charge >= 0.3 is 0 Å². The van der Waals surface area contributed by atoms with Gasteiger partial charge in [-0.3, -0.25) is 0 Å². The van der Waals surface area contributed by atoms with Gasteiger partial charge in [0.1, 0.15) is 0 Å². The molecule has 0 aliphatic carbocycles. The molecule has 1 aliphatic heterocycles. The SMILES string of the molecule is CC1CSCCN1S(=O)(=O)c1ccccc1C#CCCO. The number of nitrogens with zero attached hydrogens (tertiary/aromatic N) is 1. The molecule has 2 rings (SSSR count). The Labute approximate surface area is 130 Å². The Bertz CT molecular complexity index is 646. The molecule has 0 amide bonds. The topological polar surface area (TPSA) is 57.6 Å². The van der Waals surface area contributed by atoms with E-state index in [0.717, 1.165) is 11.5 Å². The number of rotatable bonds is 3. The molecule has 0 bridgehead atoms. The molecular weight excluding hydrogens is 306 g/mol. The van der Waals surface area contributed by atoms with Gasteiger partial charge in [0.2, 0.25) is 10.0 Å². The van der Waals surface area contributed by atoms with Crippen molar-refractivity contribution in [2.24, 2.45) is 0 Å². The third-order valence-electron chi connectivity index (χ3n) is 3.24. The van der Waals surface area contributed by atoms with Crippen molar-refractivity contribution >= 4 is 21.8 Å². The fourth-order valence-electron chi connectivity index (χ4n) is 2.20. The van der Waals surface area contributed by atoms with Crippen molar-refractivity contribution in [2.75, 3.05) is 24.7 Å². The zero-order valence-electron chi connectivity index (χ0n) is 11.9. The van der Waals surface area contributed by atoms with Crippen molar-refractivity contribution in [3.05, 3.63) is 29.8 Å². The van der Waals surface area contributed by atoms with E-state index in [1.54, 1.807) is 40.3 Å². The molecule has 6 heteroatoms. The van der Waals surface area contributed by atoms with Gasteiger partial charge in [0.25, 0.3) is 0 Å². The van der Waals surface area contributed by atoms with E-state index in [1.807, 2.05) is 6.92 Å². The van der Waals surface area contributed by atoms with Crippen molar-refractivity contribution in [3.8, 4) is 11.8 Å². The minimum absolute atomic E-state index is 0.00722. The Morgan fingerprint density at radius 3 is 2.90 bits per heavy atom. The molecule has 0 spiro atoms. The lowest BCUT2D eigenvalue weighted by Crippen LogP contribution is -2.44. The highest BCUT2D eigenvalue weighted by Crippen LogP contribution is 2.26. The second kappa shape index (κ2) is 7.32. The van der Waals surface area contributed by atoms with Crippen LogP contribution in [0.5, 0.6) is 0 Å². The number of sulfonamides is 1. The molecule has 114 valence electrons. The zero-order chi connectivity index (χ0) is 15.3. The quantitative estimate of drug-likeness (QED) is 0.857. The van der Waals surface area contributed by atoms with Crippen LogP contribution in [0.2, 0.25) is 0 Å². The van der Waals surface area contributed by atoms with Gasteiger partial charge in [0.15, 0.2) is 0 Å². The van der Waals surface area contributed by atoms with Gasteiger partial charge in [0.05, 0.1) is 11.5 Å². The second-order valence-corrected chi connectivity index (χ2v) is 7.82. The molecule has 0 saturated carbocycles. The van der Waals surface area contributed by atoms with Crippen LogP contribution in [0.4, 0.5) is 0 Å². The van der Waals surface area contributed by atoms with Gasteiger partial charge in [-0.2, -0.15) is 16.1 Å². The smallest absolute Gasteiger partial charge is 0.244 e. The highest BCUT2D eigenvalue weighted by Gasteiger charge is 2.32. The molecule has 0 radical (unpaired) electrons. The van der Waals surface area contributed by atoms with Crippen LogP contribution in [0.3, 0.4) is 0 Å². The first-order chi connectivity index (χ1) is 10.1. The van der Waals surface area contributed by atoms with Crippen molar-refractivity contribution in [3.63, 3.8) is 0 Å². The van der Waals surface area contributed by atoms with Crippen LogP contribution in [0.25, 0.3) is 0 Å². The standard InChI is InChI=1S/C15H19NO3S2/c1-13-12-20-11-9-16(13)21(18,19)15-8-3-2-6-14(15)7-4-5-10-17/h2-3,6,8,13,17H,5,9-12H2,1H3. The Morgan fingerprint density at radius 2 is 2.19 bits per heavy atom. The minimum Gasteiger partial charge on any atom is -0.395 e. The monoisotopic (exact) mass is 325 g/mol. The number of hydrogen-bond acceptors (Lipinski definition) is 4. The molecule has 1 unspecified atom stereocenters. The largest absolute Gasteiger partial charge is 0.395 e. The van der Waals surface area contributed by atoms with Gasteiger partial charge in [0, 0.05) is 36.1 Å². The molecule has 21 heavy (non-hydrogen) atoms. The van der Waals surface area contributed by atoms with Crippen LogP contribution in [0.1, 0.15) is 18.9 Å². The predicted octanol–water partition coefficient (Wildman–Crippen LogP) is 1.55. The first kappa shape index (κ1) is 16.4. The number of aliphatic hydroxyl groups excluding tert-OH is 1. The first-order valence-electron chi connectivity index (χ1n) is 6.85. The van der Waals surface area contributed by atoms with E-state index < -0.39 is 10.0 Å². The minimum atomic E-state index is -3.52. The second-order valence-electron chi connectivity index (χ2n) is 4.81. The molecule has 4 nitrogen and oxygen atoms in total. The van der Waals surface area contributed by atoms with Crippen molar-refractivity contribution in [1.82, 2.24) is 4.31 Å². The molecule has 1 aliphatic rings. The summed E-state index contributed by atoms with van der Waals surface area (Å²) in [6.07, 6.45) is 0.338. The van der Waals surface area contributed by atoms with Gasteiger partial charge < -0.3 is 5.11 Å². The molecule has 1 fully saturated rings. The van der Waals surface area contributed by atoms with E-state index in [4.69, 9.17) is 5.11 Å². The van der Waals surface area contributed by atoms with E-state index in [1.165, 1.54) is 0 Å². The Balaban J connectivity index is 2.38. The van der Waals surface area contributed by atoms with E-state index >= 15 is 0 Å². The summed E-state index contributed by atoms with van der Waals surface area (Å²) in [5.41, 5.74) is 0.497. The molecule has 0 aromatic heterocycles.